The Morgan fingerprint density at radius 1 is 1.27 bits per heavy atom. The largest absolute Gasteiger partial charge is 0.486 e. The fraction of sp³-hybridized carbons (Fsp3) is 0.433. The third kappa shape index (κ3) is 4.78. The second-order valence-corrected chi connectivity index (χ2v) is 13.2. The Morgan fingerprint density at radius 3 is 2.82 bits per heavy atom. The molecule has 2 aromatic carbocycles. The normalized spacial score (nSPS) is 23.0. The number of rotatable bonds is 6. The Morgan fingerprint density at radius 2 is 2.07 bits per heavy atom. The Balaban J connectivity index is 1.46. The van der Waals surface area contributed by atoms with E-state index in [0.717, 1.165) is 30.4 Å². The highest BCUT2D eigenvalue weighted by atomic mass is 35.5. The van der Waals surface area contributed by atoms with E-state index in [2.05, 4.69) is 9.97 Å². The van der Waals surface area contributed by atoms with Gasteiger partial charge in [-0.15, -0.1) is 11.3 Å². The number of ether oxygens (including phenoxy) is 2. The van der Waals surface area contributed by atoms with Gasteiger partial charge in [-0.3, -0.25) is 4.90 Å². The zero-order valence-electron chi connectivity index (χ0n) is 23.8. The quantitative estimate of drug-likeness (QED) is 0.227. The summed E-state index contributed by atoms with van der Waals surface area (Å²) in [4.78, 5) is 12.2. The van der Waals surface area contributed by atoms with Gasteiger partial charge in [-0.1, -0.05) is 17.7 Å². The lowest BCUT2D eigenvalue weighted by molar-refractivity contribution is 0.107. The van der Waals surface area contributed by atoms with Crippen LogP contribution in [0.1, 0.15) is 31.7 Å². The van der Waals surface area contributed by atoms with Crippen molar-refractivity contribution in [3.8, 4) is 29.0 Å². The predicted molar refractivity (Wildman–Crippen MR) is 161 cm³/mol. The first kappa shape index (κ1) is 30.0. The fourth-order valence-corrected chi connectivity index (χ4v) is 8.27. The first-order chi connectivity index (χ1) is 21.5. The Bertz CT molecular complexity index is 1900. The van der Waals surface area contributed by atoms with Gasteiger partial charge >= 0.3 is 6.01 Å². The summed E-state index contributed by atoms with van der Waals surface area (Å²) in [6.45, 7) is 1.89. The number of nitrogen functional groups attached to an aromatic ring is 1. The van der Waals surface area contributed by atoms with Crippen LogP contribution in [0, 0.1) is 23.0 Å². The molecule has 0 bridgehead atoms. The van der Waals surface area contributed by atoms with Crippen molar-refractivity contribution in [3.05, 3.63) is 34.4 Å². The lowest BCUT2D eigenvalue weighted by Crippen LogP contribution is -2.43. The Hall–Kier alpha value is -3.67. The maximum atomic E-state index is 16.9. The molecule has 2 aromatic heterocycles. The Kier molecular flexibility index (Phi) is 7.33. The van der Waals surface area contributed by atoms with E-state index >= 15 is 4.39 Å². The van der Waals surface area contributed by atoms with Crippen LogP contribution in [0.15, 0.2) is 12.1 Å². The van der Waals surface area contributed by atoms with Crippen molar-refractivity contribution in [2.75, 3.05) is 43.4 Å². The number of thiophene rings is 1. The minimum atomic E-state index is -2.76. The van der Waals surface area contributed by atoms with Crippen LogP contribution in [0.5, 0.6) is 11.8 Å². The number of nitrogens with two attached hydrogens (primary N) is 1. The lowest BCUT2D eigenvalue weighted by atomic mass is 9.95. The van der Waals surface area contributed by atoms with Crippen LogP contribution in [0.3, 0.4) is 0 Å². The Labute approximate surface area is 263 Å². The molecule has 3 atom stereocenters. The molecule has 5 heterocycles. The third-order valence-electron chi connectivity index (χ3n) is 8.83. The molecule has 0 saturated carbocycles. The summed E-state index contributed by atoms with van der Waals surface area (Å²) in [5.41, 5.74) is 4.91. The summed E-state index contributed by atoms with van der Waals surface area (Å²) < 4.78 is 86.0. The second kappa shape index (κ2) is 11.0. The van der Waals surface area contributed by atoms with Crippen molar-refractivity contribution >= 4 is 54.7 Å². The predicted octanol–water partition coefficient (Wildman–Crippen LogP) is 6.70. The number of fused-ring (bicyclic) bond motifs is 2. The van der Waals surface area contributed by atoms with Crippen molar-refractivity contribution in [1.82, 2.24) is 14.9 Å². The molecule has 0 radical (unpaired) electrons. The van der Waals surface area contributed by atoms with Crippen LogP contribution in [-0.2, 0) is 0 Å². The molecule has 2 saturated heterocycles. The minimum Gasteiger partial charge on any atom is -0.486 e. The number of alkyl halides is 3. The summed E-state index contributed by atoms with van der Waals surface area (Å²) in [7, 11) is 0. The summed E-state index contributed by atoms with van der Waals surface area (Å²) in [6.07, 6.45) is -2.66. The van der Waals surface area contributed by atoms with Crippen molar-refractivity contribution in [3.63, 3.8) is 0 Å². The minimum absolute atomic E-state index is 0.0212. The van der Waals surface area contributed by atoms with E-state index in [1.165, 1.54) is 11.0 Å². The molecule has 4 aromatic rings. The molecule has 2 N–H and O–H groups in total. The van der Waals surface area contributed by atoms with Crippen LogP contribution in [0.2, 0.25) is 5.02 Å². The second-order valence-electron chi connectivity index (χ2n) is 11.7. The molecule has 0 spiro atoms. The van der Waals surface area contributed by atoms with Gasteiger partial charge in [0.25, 0.3) is 6.43 Å². The van der Waals surface area contributed by atoms with E-state index in [-0.39, 0.29) is 91.4 Å². The van der Waals surface area contributed by atoms with E-state index in [1.807, 2.05) is 11.0 Å². The van der Waals surface area contributed by atoms with Gasteiger partial charge in [0.2, 0.25) is 0 Å². The van der Waals surface area contributed by atoms with Gasteiger partial charge in [0.05, 0.1) is 39.3 Å². The maximum Gasteiger partial charge on any atom is 0.319 e. The molecule has 0 unspecified atom stereocenters. The van der Waals surface area contributed by atoms with Crippen LogP contribution >= 0.6 is 22.9 Å². The molecule has 15 heteroatoms. The smallest absolute Gasteiger partial charge is 0.319 e. The van der Waals surface area contributed by atoms with E-state index < -0.39 is 42.4 Å². The molecule has 0 amide bonds. The van der Waals surface area contributed by atoms with E-state index in [9.17, 15) is 22.8 Å². The van der Waals surface area contributed by atoms with Gasteiger partial charge in [0.1, 0.15) is 47.1 Å². The standard InChI is InChI=1S/C30H26ClF5N6O2S/c1-13-9-41(11-18(34)35)28-21-24(39-29(40-28)43-12-30-5-2-6-42(30)10-14(32)7-30)23(36)20(22(31)25(21)44-13)15-3-4-17(33)26-19(15)16(8-37)27(38)45-26/h3-4,13-14,18H,2,5-7,9-12,38H2,1H3/t13-,14-,30+/m1/s1. The van der Waals surface area contributed by atoms with Gasteiger partial charge in [0.15, 0.2) is 11.6 Å². The van der Waals surface area contributed by atoms with Crippen LogP contribution < -0.4 is 20.1 Å². The molecule has 8 nitrogen and oxygen atoms in total. The van der Waals surface area contributed by atoms with Gasteiger partial charge < -0.3 is 20.1 Å². The number of anilines is 2. The van der Waals surface area contributed by atoms with E-state index in [1.54, 1.807) is 6.92 Å². The highest BCUT2D eigenvalue weighted by Crippen LogP contribution is 2.51. The molecular weight excluding hydrogens is 639 g/mol. The molecule has 3 aliphatic rings. The summed E-state index contributed by atoms with van der Waals surface area (Å²) in [5, 5.41) is 9.69. The summed E-state index contributed by atoms with van der Waals surface area (Å²) >= 11 is 7.71. The topological polar surface area (TPSA) is 101 Å². The number of halogens is 6. The van der Waals surface area contributed by atoms with Gasteiger partial charge in [-0.2, -0.15) is 15.2 Å². The van der Waals surface area contributed by atoms with E-state index in [0.29, 0.717) is 6.42 Å². The zero-order valence-corrected chi connectivity index (χ0v) is 25.4. The number of aromatic nitrogens is 2. The lowest BCUT2D eigenvalue weighted by Gasteiger charge is -2.31. The monoisotopic (exact) mass is 664 g/mol. The van der Waals surface area contributed by atoms with Gasteiger partial charge in [0, 0.05) is 23.9 Å². The molecular formula is C30H26ClF5N6O2S. The van der Waals surface area contributed by atoms with Crippen LogP contribution in [0.4, 0.5) is 32.8 Å². The van der Waals surface area contributed by atoms with Crippen molar-refractivity contribution in [1.29, 1.82) is 5.26 Å². The maximum absolute atomic E-state index is 16.9. The first-order valence-electron chi connectivity index (χ1n) is 14.4. The molecule has 236 valence electrons. The molecule has 7 rings (SSSR count). The number of hydrogen-bond acceptors (Lipinski definition) is 9. The summed E-state index contributed by atoms with van der Waals surface area (Å²) in [6, 6.07) is 4.09. The number of nitrogens with zero attached hydrogens (tertiary/aromatic N) is 5. The molecule has 45 heavy (non-hydrogen) atoms. The first-order valence-corrected chi connectivity index (χ1v) is 15.6. The van der Waals surface area contributed by atoms with E-state index in [4.69, 9.17) is 26.8 Å². The fourth-order valence-electron chi connectivity index (χ4n) is 6.99. The van der Waals surface area contributed by atoms with Gasteiger partial charge in [-0.05, 0) is 37.9 Å². The van der Waals surface area contributed by atoms with Crippen molar-refractivity contribution < 1.29 is 31.4 Å². The number of hydrogen-bond donors (Lipinski definition) is 1. The third-order valence-corrected chi connectivity index (χ3v) is 10.2. The van der Waals surface area contributed by atoms with Crippen molar-refractivity contribution in [2.45, 2.75) is 50.4 Å². The molecule has 2 fully saturated rings. The zero-order chi connectivity index (χ0) is 31.8. The van der Waals surface area contributed by atoms with Crippen molar-refractivity contribution in [2.24, 2.45) is 0 Å². The average Bonchev–Trinajstić information content (AvgIpc) is 3.60. The number of benzene rings is 2. The molecule has 3 aliphatic heterocycles. The SMILES string of the molecule is C[C@@H]1CN(CC(F)F)c2nc(OC[C@@]34CCCN3C[C@H](F)C4)nc3c(F)c(-c4ccc(F)c5sc(N)c(C#N)c45)c(Cl)c(c23)O1. The number of nitriles is 1. The highest BCUT2D eigenvalue weighted by Gasteiger charge is 2.49. The average molecular weight is 665 g/mol. The van der Waals surface area contributed by atoms with Crippen LogP contribution in [-0.4, -0.2) is 71.9 Å². The highest BCUT2D eigenvalue weighted by molar-refractivity contribution is 7.23. The summed E-state index contributed by atoms with van der Waals surface area (Å²) in [5.74, 6) is -1.74. The van der Waals surface area contributed by atoms with Crippen LogP contribution in [0.25, 0.3) is 32.1 Å². The molecule has 0 aliphatic carbocycles. The van der Waals surface area contributed by atoms with Gasteiger partial charge in [-0.25, -0.2) is 22.0 Å².